The van der Waals surface area contributed by atoms with Crippen molar-refractivity contribution in [2.45, 2.75) is 32.6 Å². The van der Waals surface area contributed by atoms with Crippen LogP contribution in [0.15, 0.2) is 24.3 Å². The third-order valence-electron chi connectivity index (χ3n) is 8.98. The molecule has 0 aromatic heterocycles. The number of amides is 2. The molecule has 5 atom stereocenters. The summed E-state index contributed by atoms with van der Waals surface area (Å²) in [6.45, 7) is 4.49. The van der Waals surface area contributed by atoms with Crippen molar-refractivity contribution in [1.82, 2.24) is 9.80 Å². The molecule has 6 heteroatoms. The Morgan fingerprint density at radius 1 is 0.935 bits per heavy atom. The summed E-state index contributed by atoms with van der Waals surface area (Å²) in [5, 5.41) is 0. The molecule has 31 heavy (non-hydrogen) atoms. The van der Waals surface area contributed by atoms with Crippen LogP contribution < -0.4 is 0 Å². The molecule has 4 aliphatic carbocycles. The predicted octanol–water partition coefficient (Wildman–Crippen LogP) is 2.42. The summed E-state index contributed by atoms with van der Waals surface area (Å²) in [7, 11) is 0. The Bertz CT molecular complexity index is 991. The highest BCUT2D eigenvalue weighted by Gasteiger charge is 2.75. The third kappa shape index (κ3) is 2.76. The van der Waals surface area contributed by atoms with Crippen LogP contribution >= 0.6 is 0 Å². The van der Waals surface area contributed by atoms with Crippen molar-refractivity contribution in [2.75, 3.05) is 26.2 Å². The van der Waals surface area contributed by atoms with Gasteiger partial charge in [-0.15, -0.1) is 0 Å². The van der Waals surface area contributed by atoms with Gasteiger partial charge in [-0.25, -0.2) is 0 Å². The molecule has 0 N–H and O–H groups in total. The Hall–Kier alpha value is -2.50. The van der Waals surface area contributed by atoms with Gasteiger partial charge in [-0.05, 0) is 62.0 Å². The predicted molar refractivity (Wildman–Crippen MR) is 112 cm³/mol. The molecule has 4 bridgehead atoms. The average molecular weight is 421 g/mol. The first kappa shape index (κ1) is 19.2. The minimum Gasteiger partial charge on any atom is -0.342 e. The molecule has 1 aromatic rings. The van der Waals surface area contributed by atoms with Crippen LogP contribution in [0.5, 0.6) is 0 Å². The molecule has 2 amide bonds. The van der Waals surface area contributed by atoms with E-state index in [1.807, 2.05) is 9.80 Å². The fourth-order valence-corrected chi connectivity index (χ4v) is 7.14. The number of Topliss-reactive ketones (excluding diaryl/α,β-unsaturated/α-hetero) is 2. The van der Waals surface area contributed by atoms with E-state index >= 15 is 0 Å². The van der Waals surface area contributed by atoms with Gasteiger partial charge in [0.1, 0.15) is 5.78 Å². The van der Waals surface area contributed by atoms with Crippen LogP contribution in [0, 0.1) is 35.0 Å². The zero-order valence-corrected chi connectivity index (χ0v) is 17.9. The number of ketones is 2. The van der Waals surface area contributed by atoms with Gasteiger partial charge < -0.3 is 9.80 Å². The maximum atomic E-state index is 13.2. The second-order valence-corrected chi connectivity index (χ2v) is 10.5. The lowest BCUT2D eigenvalue weighted by Crippen LogP contribution is -2.45. The zero-order valence-electron chi connectivity index (χ0n) is 17.9. The monoisotopic (exact) mass is 420 g/mol. The summed E-state index contributed by atoms with van der Waals surface area (Å²) < 4.78 is 0. The largest absolute Gasteiger partial charge is 0.342 e. The Kier molecular flexibility index (Phi) is 4.03. The summed E-state index contributed by atoms with van der Waals surface area (Å²) in [6.07, 6.45) is 3.77. The molecule has 7 rings (SSSR count). The van der Waals surface area contributed by atoms with Crippen LogP contribution in [0.1, 0.15) is 53.3 Å². The first-order valence-corrected chi connectivity index (χ1v) is 11.6. The molecule has 2 saturated heterocycles. The van der Waals surface area contributed by atoms with Crippen molar-refractivity contribution in [2.24, 2.45) is 35.0 Å². The second-order valence-electron chi connectivity index (χ2n) is 10.5. The van der Waals surface area contributed by atoms with Crippen molar-refractivity contribution in [3.63, 3.8) is 0 Å². The highest BCUT2D eigenvalue weighted by molar-refractivity contribution is 6.00. The molecule has 1 spiro atoms. The Morgan fingerprint density at radius 3 is 2.06 bits per heavy atom. The molecule has 162 valence electrons. The number of benzene rings is 1. The van der Waals surface area contributed by atoms with Crippen LogP contribution in [0.2, 0.25) is 0 Å². The molecule has 6 nitrogen and oxygen atoms in total. The fourth-order valence-electron chi connectivity index (χ4n) is 7.14. The average Bonchev–Trinajstić information content (AvgIpc) is 3.13. The van der Waals surface area contributed by atoms with Crippen molar-refractivity contribution in [1.29, 1.82) is 0 Å². The van der Waals surface area contributed by atoms with Crippen LogP contribution in [0.3, 0.4) is 0 Å². The van der Waals surface area contributed by atoms with E-state index in [1.54, 1.807) is 24.3 Å². The van der Waals surface area contributed by atoms with Crippen molar-refractivity contribution >= 4 is 23.4 Å². The number of carbonyl (C=O) groups is 4. The second kappa shape index (κ2) is 6.50. The van der Waals surface area contributed by atoms with E-state index in [-0.39, 0.29) is 40.8 Å². The van der Waals surface area contributed by atoms with Crippen LogP contribution in [-0.4, -0.2) is 59.4 Å². The van der Waals surface area contributed by atoms with E-state index in [1.165, 1.54) is 6.92 Å². The minimum absolute atomic E-state index is 0.00405. The van der Waals surface area contributed by atoms with E-state index in [0.717, 1.165) is 38.8 Å². The Balaban J connectivity index is 1.07. The Morgan fingerprint density at radius 2 is 1.55 bits per heavy atom. The van der Waals surface area contributed by atoms with E-state index in [9.17, 15) is 19.2 Å². The number of hydrogen-bond acceptors (Lipinski definition) is 4. The lowest BCUT2D eigenvalue weighted by molar-refractivity contribution is -0.138. The van der Waals surface area contributed by atoms with Gasteiger partial charge in [-0.2, -0.15) is 0 Å². The number of carbonyl (C=O) groups excluding carboxylic acids is 4. The first-order valence-electron chi connectivity index (χ1n) is 11.6. The summed E-state index contributed by atoms with van der Waals surface area (Å²) in [5.41, 5.74) is 1.34. The number of likely N-dealkylation sites (tertiary alicyclic amines) is 2. The molecule has 2 heterocycles. The maximum Gasteiger partial charge on any atom is 0.253 e. The molecule has 2 aliphatic heterocycles. The number of piperidine rings is 1. The quantitative estimate of drug-likeness (QED) is 0.704. The number of hydrogen-bond donors (Lipinski definition) is 0. The zero-order chi connectivity index (χ0) is 21.5. The van der Waals surface area contributed by atoms with Crippen molar-refractivity contribution < 1.29 is 19.2 Å². The Labute approximate surface area is 182 Å². The number of rotatable bonds is 3. The van der Waals surface area contributed by atoms with Gasteiger partial charge >= 0.3 is 0 Å². The SMILES string of the molecule is CC(=O)c1ccc(C(=O)N2CCC3(CC2)CCN(C(=O)[C@H]2[C@H]4[C@H]5C[C@@H]2C(=O)[C@H]54)C3)cc1. The third-order valence-corrected chi connectivity index (χ3v) is 8.98. The van der Waals surface area contributed by atoms with Gasteiger partial charge in [0.25, 0.3) is 5.91 Å². The molecular weight excluding hydrogens is 392 g/mol. The van der Waals surface area contributed by atoms with Crippen LogP contribution in [0.4, 0.5) is 0 Å². The topological polar surface area (TPSA) is 74.8 Å². The standard InChI is InChI=1S/C25H28N2O4/c1-14(28)15-2-4-16(5-3-15)23(30)26-9-6-25(7-10-26)8-11-27(13-25)24(31)21-18-12-17-19(21)20(17)22(18)29/h2-5,17-21H,6-13H2,1H3/t17-,18+,19+,20-,21-/m1/s1. The van der Waals surface area contributed by atoms with Gasteiger partial charge in [0, 0.05) is 49.1 Å². The van der Waals surface area contributed by atoms with Crippen LogP contribution in [0.25, 0.3) is 0 Å². The lowest BCUT2D eigenvalue weighted by Gasteiger charge is -2.39. The van der Waals surface area contributed by atoms with E-state index in [0.29, 0.717) is 41.8 Å². The molecule has 4 saturated carbocycles. The lowest BCUT2D eigenvalue weighted by atomic mass is 9.77. The minimum atomic E-state index is -0.0303. The maximum absolute atomic E-state index is 13.2. The molecule has 6 aliphatic rings. The molecule has 0 unspecified atom stereocenters. The highest BCUT2D eigenvalue weighted by Crippen LogP contribution is 2.71. The van der Waals surface area contributed by atoms with E-state index in [2.05, 4.69) is 0 Å². The molecular formula is C25H28N2O4. The van der Waals surface area contributed by atoms with Crippen LogP contribution in [-0.2, 0) is 9.59 Å². The van der Waals surface area contributed by atoms with Gasteiger partial charge in [0.05, 0.1) is 5.92 Å². The number of nitrogens with zero attached hydrogens (tertiary/aromatic N) is 2. The summed E-state index contributed by atoms with van der Waals surface area (Å²) in [6, 6.07) is 6.89. The van der Waals surface area contributed by atoms with Gasteiger partial charge in [-0.1, -0.05) is 12.1 Å². The summed E-state index contributed by atoms with van der Waals surface area (Å²) in [5.74, 6) is 1.68. The summed E-state index contributed by atoms with van der Waals surface area (Å²) in [4.78, 5) is 53.7. The fraction of sp³-hybridized carbons (Fsp3) is 0.600. The highest BCUT2D eigenvalue weighted by atomic mass is 16.2. The molecule has 1 aromatic carbocycles. The van der Waals surface area contributed by atoms with Gasteiger partial charge in [0.15, 0.2) is 5.78 Å². The van der Waals surface area contributed by atoms with Crippen molar-refractivity contribution in [3.05, 3.63) is 35.4 Å². The molecule has 0 radical (unpaired) electrons. The van der Waals surface area contributed by atoms with E-state index in [4.69, 9.17) is 0 Å². The van der Waals surface area contributed by atoms with Gasteiger partial charge in [0.2, 0.25) is 5.91 Å². The normalized spacial score (nSPS) is 34.5. The molecule has 6 fully saturated rings. The summed E-state index contributed by atoms with van der Waals surface area (Å²) >= 11 is 0. The smallest absolute Gasteiger partial charge is 0.253 e. The van der Waals surface area contributed by atoms with Crippen molar-refractivity contribution in [3.8, 4) is 0 Å². The van der Waals surface area contributed by atoms with E-state index < -0.39 is 0 Å². The van der Waals surface area contributed by atoms with Gasteiger partial charge in [-0.3, -0.25) is 19.2 Å². The first-order chi connectivity index (χ1) is 14.9.